The summed E-state index contributed by atoms with van der Waals surface area (Å²) in [6.45, 7) is -0.211. The van der Waals surface area contributed by atoms with Crippen LogP contribution < -0.4 is 5.73 Å². The van der Waals surface area contributed by atoms with E-state index in [-0.39, 0.29) is 12.8 Å². The third kappa shape index (κ3) is 1.92. The Morgan fingerprint density at radius 3 is 2.91 bits per heavy atom. The summed E-state index contributed by atoms with van der Waals surface area (Å²) >= 11 is 0. The molecule has 0 saturated carbocycles. The van der Waals surface area contributed by atoms with Crippen molar-refractivity contribution in [2.75, 3.05) is 12.3 Å². The number of anilines is 1. The van der Waals surface area contributed by atoms with Crippen molar-refractivity contribution in [2.24, 2.45) is 0 Å². The van der Waals surface area contributed by atoms with Crippen LogP contribution in [0.1, 0.15) is 12.6 Å². The largest absolute Gasteiger partial charge is 0.394 e. The van der Waals surface area contributed by atoms with Gasteiger partial charge in [-0.3, -0.25) is 0 Å². The van der Waals surface area contributed by atoms with Crippen LogP contribution >= 0.6 is 0 Å². The maximum absolute atomic E-state index is 9.88. The molecule has 114 valence electrons. The van der Waals surface area contributed by atoms with Gasteiger partial charge in [-0.05, 0) is 12.1 Å². The number of aliphatic hydroxyl groups is 2. The smallest absolute Gasteiger partial charge is 0.138 e. The van der Waals surface area contributed by atoms with Crippen LogP contribution in [0.15, 0.2) is 24.8 Å². The highest BCUT2D eigenvalue weighted by molar-refractivity contribution is 5.97. The molecule has 0 spiro atoms. The molecule has 0 aliphatic carbocycles. The fourth-order valence-corrected chi connectivity index (χ4v) is 2.88. The molecule has 4 N–H and O–H groups in total. The van der Waals surface area contributed by atoms with E-state index in [0.717, 1.165) is 21.9 Å². The summed E-state index contributed by atoms with van der Waals surface area (Å²) in [5.41, 5.74) is 8.16. The summed E-state index contributed by atoms with van der Waals surface area (Å²) in [7, 11) is 0. The number of ether oxygens (including phenoxy) is 1. The topological polar surface area (TPSA) is 119 Å². The number of nitrogens with zero attached hydrogens (tertiary/aromatic N) is 4. The monoisotopic (exact) mass is 301 g/mol. The summed E-state index contributed by atoms with van der Waals surface area (Å²) < 4.78 is 7.52. The normalized spacial score (nSPS) is 25.3. The molecule has 3 aromatic rings. The zero-order chi connectivity index (χ0) is 15.3. The van der Waals surface area contributed by atoms with Crippen molar-refractivity contribution in [3.63, 3.8) is 0 Å². The Morgan fingerprint density at radius 2 is 2.14 bits per heavy atom. The summed E-state index contributed by atoms with van der Waals surface area (Å²) in [5, 5.41) is 19.8. The first kappa shape index (κ1) is 13.4. The predicted octanol–water partition coefficient (Wildman–Crippen LogP) is 0.202. The molecule has 22 heavy (non-hydrogen) atoms. The van der Waals surface area contributed by atoms with Gasteiger partial charge in [-0.1, -0.05) is 0 Å². The SMILES string of the molecule is Nc1ncnc2cc3c(cc12)ncn3[C@H]1C[C@H](O)[C@@H](CO)O1. The Morgan fingerprint density at radius 1 is 1.27 bits per heavy atom. The minimum atomic E-state index is -0.689. The zero-order valence-corrected chi connectivity index (χ0v) is 11.6. The number of hydrogen-bond acceptors (Lipinski definition) is 7. The molecule has 0 radical (unpaired) electrons. The number of aromatic nitrogens is 4. The minimum Gasteiger partial charge on any atom is -0.394 e. The molecule has 1 aliphatic heterocycles. The number of hydrogen-bond donors (Lipinski definition) is 3. The van der Waals surface area contributed by atoms with E-state index in [9.17, 15) is 10.2 Å². The quantitative estimate of drug-likeness (QED) is 0.618. The molecule has 0 unspecified atom stereocenters. The lowest BCUT2D eigenvalue weighted by Crippen LogP contribution is -2.24. The van der Waals surface area contributed by atoms with Crippen LogP contribution in [0.25, 0.3) is 21.9 Å². The number of fused-ring (bicyclic) bond motifs is 2. The highest BCUT2D eigenvalue weighted by Gasteiger charge is 2.34. The lowest BCUT2D eigenvalue weighted by molar-refractivity contribution is -0.0430. The first-order valence-corrected chi connectivity index (χ1v) is 6.98. The number of nitrogen functional groups attached to an aromatic ring is 1. The average molecular weight is 301 g/mol. The van der Waals surface area contributed by atoms with Crippen LogP contribution in [0.5, 0.6) is 0 Å². The molecule has 0 amide bonds. The number of rotatable bonds is 2. The van der Waals surface area contributed by atoms with Crippen LogP contribution in [0.4, 0.5) is 5.82 Å². The van der Waals surface area contributed by atoms with E-state index >= 15 is 0 Å². The molecule has 3 atom stereocenters. The summed E-state index contributed by atoms with van der Waals surface area (Å²) in [4.78, 5) is 12.6. The number of imidazole rings is 1. The number of nitrogens with two attached hydrogens (primary N) is 1. The lowest BCUT2D eigenvalue weighted by Gasteiger charge is -2.14. The molecule has 8 nitrogen and oxygen atoms in total. The van der Waals surface area contributed by atoms with Crippen LogP contribution in [-0.4, -0.2) is 48.5 Å². The van der Waals surface area contributed by atoms with Gasteiger partial charge in [-0.25, -0.2) is 15.0 Å². The van der Waals surface area contributed by atoms with Crippen molar-refractivity contribution in [2.45, 2.75) is 24.9 Å². The van der Waals surface area contributed by atoms with E-state index in [0.29, 0.717) is 12.2 Å². The molecule has 4 rings (SSSR count). The van der Waals surface area contributed by atoms with Gasteiger partial charge in [-0.2, -0.15) is 0 Å². The van der Waals surface area contributed by atoms with Crippen molar-refractivity contribution in [3.8, 4) is 0 Å². The van der Waals surface area contributed by atoms with Gasteiger partial charge in [0.15, 0.2) is 0 Å². The van der Waals surface area contributed by atoms with Crippen LogP contribution in [0.3, 0.4) is 0 Å². The van der Waals surface area contributed by atoms with Crippen molar-refractivity contribution in [3.05, 3.63) is 24.8 Å². The summed E-state index contributed by atoms with van der Waals surface area (Å²) in [6.07, 6.45) is 1.85. The fourth-order valence-electron chi connectivity index (χ4n) is 2.88. The maximum atomic E-state index is 9.88. The molecule has 2 aromatic heterocycles. The van der Waals surface area contributed by atoms with Crippen molar-refractivity contribution in [1.29, 1.82) is 0 Å². The molecule has 0 bridgehead atoms. The Balaban J connectivity index is 1.83. The molecule has 8 heteroatoms. The maximum Gasteiger partial charge on any atom is 0.138 e. The predicted molar refractivity (Wildman–Crippen MR) is 78.9 cm³/mol. The Bertz CT molecular complexity index is 849. The van der Waals surface area contributed by atoms with Crippen LogP contribution in [-0.2, 0) is 4.74 Å². The third-order valence-electron chi connectivity index (χ3n) is 4.06. The highest BCUT2D eigenvalue weighted by Crippen LogP contribution is 2.32. The van der Waals surface area contributed by atoms with E-state index in [4.69, 9.17) is 10.5 Å². The van der Waals surface area contributed by atoms with E-state index in [1.165, 1.54) is 6.33 Å². The molecule has 1 aliphatic rings. The molecular formula is C14H15N5O3. The van der Waals surface area contributed by atoms with E-state index < -0.39 is 12.2 Å². The Labute approximate surface area is 125 Å². The average Bonchev–Trinajstić information content (AvgIpc) is 3.08. The van der Waals surface area contributed by atoms with Gasteiger partial charge < -0.3 is 25.3 Å². The lowest BCUT2D eigenvalue weighted by atomic mass is 10.2. The molecule has 1 fully saturated rings. The second-order valence-electron chi connectivity index (χ2n) is 5.38. The highest BCUT2D eigenvalue weighted by atomic mass is 16.5. The van der Waals surface area contributed by atoms with Gasteiger partial charge in [0.1, 0.15) is 24.5 Å². The second kappa shape index (κ2) is 4.87. The first-order valence-electron chi connectivity index (χ1n) is 6.98. The number of aliphatic hydroxyl groups excluding tert-OH is 2. The van der Waals surface area contributed by atoms with Crippen molar-refractivity contribution < 1.29 is 14.9 Å². The van der Waals surface area contributed by atoms with Gasteiger partial charge in [-0.15, -0.1) is 0 Å². The van der Waals surface area contributed by atoms with Crippen LogP contribution in [0.2, 0.25) is 0 Å². The third-order valence-corrected chi connectivity index (χ3v) is 4.06. The standard InChI is InChI=1S/C14H15N5O3/c15-14-7-1-9-10(2-8(7)16-5-17-14)19(6-18-9)13-3-11(21)12(4-20)22-13/h1-2,5-6,11-13,20-21H,3-4H2,(H2,15,16,17)/t11-,12+,13+/m0/s1. The summed E-state index contributed by atoms with van der Waals surface area (Å²) in [6, 6.07) is 3.71. The van der Waals surface area contributed by atoms with Crippen molar-refractivity contribution >= 4 is 27.8 Å². The minimum absolute atomic E-state index is 0.211. The van der Waals surface area contributed by atoms with Gasteiger partial charge in [0.25, 0.3) is 0 Å². The van der Waals surface area contributed by atoms with E-state index in [1.807, 2.05) is 16.7 Å². The molecule has 1 saturated heterocycles. The second-order valence-corrected chi connectivity index (χ2v) is 5.38. The Kier molecular flexibility index (Phi) is 2.96. The summed E-state index contributed by atoms with van der Waals surface area (Å²) in [5.74, 6) is 0.411. The molecule has 1 aromatic carbocycles. The van der Waals surface area contributed by atoms with E-state index in [1.54, 1.807) is 6.33 Å². The zero-order valence-electron chi connectivity index (χ0n) is 11.6. The molecular weight excluding hydrogens is 286 g/mol. The van der Waals surface area contributed by atoms with Gasteiger partial charge >= 0.3 is 0 Å². The fraction of sp³-hybridized carbons (Fsp3) is 0.357. The van der Waals surface area contributed by atoms with Gasteiger partial charge in [0, 0.05) is 11.8 Å². The van der Waals surface area contributed by atoms with Gasteiger partial charge in [0.2, 0.25) is 0 Å². The first-order chi connectivity index (χ1) is 10.7. The Hall–Kier alpha value is -2.29. The van der Waals surface area contributed by atoms with E-state index in [2.05, 4.69) is 15.0 Å². The molecule has 3 heterocycles. The van der Waals surface area contributed by atoms with Gasteiger partial charge in [0.05, 0.1) is 35.6 Å². The van der Waals surface area contributed by atoms with Crippen LogP contribution in [0, 0.1) is 0 Å². The number of benzene rings is 1. The van der Waals surface area contributed by atoms with Crippen molar-refractivity contribution in [1.82, 2.24) is 19.5 Å².